The van der Waals surface area contributed by atoms with Gasteiger partial charge >= 0.3 is 0 Å². The molecule has 1 aliphatic carbocycles. The zero-order valence-corrected chi connectivity index (χ0v) is 14.8. The lowest BCUT2D eigenvalue weighted by Gasteiger charge is -2.39. The van der Waals surface area contributed by atoms with E-state index in [1.807, 2.05) is 17.2 Å². The number of aromatic nitrogens is 2. The lowest BCUT2D eigenvalue weighted by Crippen LogP contribution is -2.53. The van der Waals surface area contributed by atoms with Crippen LogP contribution in [0, 0.1) is 0 Å². The molecule has 5 heteroatoms. The van der Waals surface area contributed by atoms with Gasteiger partial charge < -0.3 is 4.90 Å². The fourth-order valence-corrected chi connectivity index (χ4v) is 4.25. The Morgan fingerprint density at radius 1 is 1.12 bits per heavy atom. The van der Waals surface area contributed by atoms with E-state index in [4.69, 9.17) is 0 Å². The van der Waals surface area contributed by atoms with Gasteiger partial charge in [0.2, 0.25) is 5.91 Å². The van der Waals surface area contributed by atoms with Crippen molar-refractivity contribution in [1.82, 2.24) is 19.6 Å². The predicted molar refractivity (Wildman–Crippen MR) is 97.3 cm³/mol. The minimum Gasteiger partial charge on any atom is -0.338 e. The molecule has 0 saturated carbocycles. The van der Waals surface area contributed by atoms with E-state index < -0.39 is 0 Å². The minimum atomic E-state index is -0.169. The maximum Gasteiger partial charge on any atom is 0.247 e. The van der Waals surface area contributed by atoms with Crippen molar-refractivity contribution < 1.29 is 4.79 Å². The van der Waals surface area contributed by atoms with Crippen molar-refractivity contribution >= 4 is 5.91 Å². The van der Waals surface area contributed by atoms with Gasteiger partial charge in [-0.15, -0.1) is 0 Å². The van der Waals surface area contributed by atoms with Gasteiger partial charge in [0.25, 0.3) is 0 Å². The molecular formula is C20H26N4O. The van der Waals surface area contributed by atoms with E-state index >= 15 is 0 Å². The predicted octanol–water partition coefficient (Wildman–Crippen LogP) is 2.15. The Labute approximate surface area is 149 Å². The first-order valence-corrected chi connectivity index (χ1v) is 9.35. The van der Waals surface area contributed by atoms with E-state index in [0.717, 1.165) is 45.4 Å². The van der Waals surface area contributed by atoms with Gasteiger partial charge in [-0.2, -0.15) is 5.10 Å². The second-order valence-electron chi connectivity index (χ2n) is 7.10. The summed E-state index contributed by atoms with van der Waals surface area (Å²) in [6.45, 7) is 5.64. The van der Waals surface area contributed by atoms with Gasteiger partial charge in [0, 0.05) is 44.6 Å². The molecule has 1 aliphatic heterocycles. The molecule has 0 bridgehead atoms. The summed E-state index contributed by atoms with van der Waals surface area (Å²) < 4.78 is 1.79. The third-order valence-electron chi connectivity index (χ3n) is 5.69. The Kier molecular flexibility index (Phi) is 4.57. The zero-order chi connectivity index (χ0) is 17.2. The van der Waals surface area contributed by atoms with E-state index in [0.29, 0.717) is 6.04 Å². The molecule has 2 aromatic rings. The van der Waals surface area contributed by atoms with Crippen molar-refractivity contribution in [1.29, 1.82) is 0 Å². The minimum absolute atomic E-state index is 0.169. The summed E-state index contributed by atoms with van der Waals surface area (Å²) in [6.07, 6.45) is 6.70. The standard InChI is InChI=1S/C20H26N4O/c1-2-19(24-9-5-8-21-24)20(25)23-12-10-22(11-13-23)18-14-16-6-3-4-7-17(16)15-18/h3-9,18-19H,2,10-15H2,1H3/t19-/m1/s1. The number of amides is 1. The fourth-order valence-electron chi connectivity index (χ4n) is 4.25. The van der Waals surface area contributed by atoms with Crippen LogP contribution in [-0.2, 0) is 17.6 Å². The number of piperazine rings is 1. The Bertz CT molecular complexity index is 694. The van der Waals surface area contributed by atoms with Gasteiger partial charge in [-0.05, 0) is 36.5 Å². The fraction of sp³-hybridized carbons (Fsp3) is 0.500. The molecule has 1 aromatic heterocycles. The number of nitrogens with zero attached hydrogens (tertiary/aromatic N) is 4. The topological polar surface area (TPSA) is 41.4 Å². The molecule has 2 aliphatic rings. The smallest absolute Gasteiger partial charge is 0.247 e. The summed E-state index contributed by atoms with van der Waals surface area (Å²) in [4.78, 5) is 17.5. The first kappa shape index (κ1) is 16.3. The highest BCUT2D eigenvalue weighted by molar-refractivity contribution is 5.80. The van der Waals surface area contributed by atoms with Crippen molar-refractivity contribution in [3.63, 3.8) is 0 Å². The second kappa shape index (κ2) is 7.00. The van der Waals surface area contributed by atoms with E-state index in [9.17, 15) is 4.79 Å². The number of benzene rings is 1. The van der Waals surface area contributed by atoms with Crippen molar-refractivity contribution in [3.8, 4) is 0 Å². The Morgan fingerprint density at radius 2 is 1.80 bits per heavy atom. The first-order valence-electron chi connectivity index (χ1n) is 9.35. The Morgan fingerprint density at radius 3 is 2.36 bits per heavy atom. The monoisotopic (exact) mass is 338 g/mol. The number of hydrogen-bond donors (Lipinski definition) is 0. The molecular weight excluding hydrogens is 312 g/mol. The average Bonchev–Trinajstić information content (AvgIpc) is 3.32. The Hall–Kier alpha value is -2.14. The van der Waals surface area contributed by atoms with Crippen LogP contribution in [0.4, 0.5) is 0 Å². The van der Waals surface area contributed by atoms with Crippen LogP contribution in [0.5, 0.6) is 0 Å². The van der Waals surface area contributed by atoms with Crippen molar-refractivity contribution in [2.24, 2.45) is 0 Å². The van der Waals surface area contributed by atoms with E-state index in [1.165, 1.54) is 11.1 Å². The van der Waals surface area contributed by atoms with Crippen LogP contribution in [0.2, 0.25) is 0 Å². The third-order valence-corrected chi connectivity index (χ3v) is 5.69. The molecule has 5 nitrogen and oxygen atoms in total. The first-order chi connectivity index (χ1) is 12.3. The van der Waals surface area contributed by atoms with Gasteiger partial charge in [-0.25, -0.2) is 0 Å². The number of carbonyl (C=O) groups excluding carboxylic acids is 1. The summed E-state index contributed by atoms with van der Waals surface area (Å²) in [7, 11) is 0. The normalized spacial score (nSPS) is 19.8. The van der Waals surface area contributed by atoms with Crippen LogP contribution >= 0.6 is 0 Å². The SMILES string of the molecule is CC[C@H](C(=O)N1CCN(C2Cc3ccccc3C2)CC1)n1cccn1. The number of fused-ring (bicyclic) bond motifs is 1. The molecule has 1 aromatic carbocycles. The summed E-state index contributed by atoms with van der Waals surface area (Å²) in [6, 6.07) is 11.1. The number of hydrogen-bond acceptors (Lipinski definition) is 3. The summed E-state index contributed by atoms with van der Waals surface area (Å²) in [5, 5.41) is 4.26. The van der Waals surface area contributed by atoms with Gasteiger partial charge in [-0.3, -0.25) is 14.4 Å². The molecule has 2 heterocycles. The number of carbonyl (C=O) groups is 1. The molecule has 0 radical (unpaired) electrons. The third kappa shape index (κ3) is 3.21. The van der Waals surface area contributed by atoms with Gasteiger partial charge in [0.05, 0.1) is 0 Å². The van der Waals surface area contributed by atoms with Crippen LogP contribution < -0.4 is 0 Å². The van der Waals surface area contributed by atoms with Crippen molar-refractivity contribution in [3.05, 3.63) is 53.9 Å². The molecule has 1 atom stereocenters. The van der Waals surface area contributed by atoms with Crippen molar-refractivity contribution in [2.45, 2.75) is 38.3 Å². The van der Waals surface area contributed by atoms with Crippen LogP contribution in [0.15, 0.2) is 42.7 Å². The molecule has 1 amide bonds. The summed E-state index contributed by atoms with van der Waals surface area (Å²) in [5.74, 6) is 0.209. The molecule has 25 heavy (non-hydrogen) atoms. The van der Waals surface area contributed by atoms with Gasteiger partial charge in [-0.1, -0.05) is 31.2 Å². The van der Waals surface area contributed by atoms with E-state index in [2.05, 4.69) is 41.2 Å². The Balaban J connectivity index is 1.35. The molecule has 0 spiro atoms. The summed E-state index contributed by atoms with van der Waals surface area (Å²) >= 11 is 0. The van der Waals surface area contributed by atoms with Crippen LogP contribution in [0.25, 0.3) is 0 Å². The largest absolute Gasteiger partial charge is 0.338 e. The van der Waals surface area contributed by atoms with Crippen LogP contribution in [0.1, 0.15) is 30.5 Å². The highest BCUT2D eigenvalue weighted by atomic mass is 16.2. The molecule has 0 N–H and O–H groups in total. The molecule has 4 rings (SSSR count). The van der Waals surface area contributed by atoms with Crippen LogP contribution in [-0.4, -0.2) is 57.7 Å². The highest BCUT2D eigenvalue weighted by Crippen LogP contribution is 2.26. The maximum atomic E-state index is 12.9. The van der Waals surface area contributed by atoms with E-state index in [1.54, 1.807) is 10.9 Å². The zero-order valence-electron chi connectivity index (χ0n) is 14.8. The highest BCUT2D eigenvalue weighted by Gasteiger charge is 2.32. The van der Waals surface area contributed by atoms with E-state index in [-0.39, 0.29) is 11.9 Å². The van der Waals surface area contributed by atoms with Crippen molar-refractivity contribution in [2.75, 3.05) is 26.2 Å². The average molecular weight is 338 g/mol. The lowest BCUT2D eigenvalue weighted by atomic mass is 10.1. The molecule has 132 valence electrons. The molecule has 1 saturated heterocycles. The lowest BCUT2D eigenvalue weighted by molar-refractivity contribution is -0.137. The quantitative estimate of drug-likeness (QED) is 0.858. The van der Waals surface area contributed by atoms with Gasteiger partial charge in [0.1, 0.15) is 6.04 Å². The van der Waals surface area contributed by atoms with Crippen LogP contribution in [0.3, 0.4) is 0 Å². The number of rotatable bonds is 4. The van der Waals surface area contributed by atoms with Gasteiger partial charge in [0.15, 0.2) is 0 Å². The summed E-state index contributed by atoms with van der Waals surface area (Å²) in [5.41, 5.74) is 2.99. The molecule has 1 fully saturated rings. The second-order valence-corrected chi connectivity index (χ2v) is 7.10. The molecule has 0 unspecified atom stereocenters. The maximum absolute atomic E-state index is 12.9.